The Hall–Kier alpha value is -3.15. The summed E-state index contributed by atoms with van der Waals surface area (Å²) in [5.41, 5.74) is 4.36. The minimum atomic E-state index is -0.335. The summed E-state index contributed by atoms with van der Waals surface area (Å²) in [7, 11) is 0. The first kappa shape index (κ1) is 18.2. The van der Waals surface area contributed by atoms with E-state index >= 15 is 0 Å². The van der Waals surface area contributed by atoms with Crippen molar-refractivity contribution in [1.29, 1.82) is 0 Å². The van der Waals surface area contributed by atoms with E-state index in [0.717, 1.165) is 5.56 Å². The molecule has 0 aromatic heterocycles. The summed E-state index contributed by atoms with van der Waals surface area (Å²) in [5.74, 6) is 0.298. The van der Waals surface area contributed by atoms with Gasteiger partial charge in [0.2, 0.25) is 5.91 Å². The SMILES string of the molecule is CCOc1ccccc1/C=N\NC(=O)c1ccc(NC(=O)CC)cc1. The van der Waals surface area contributed by atoms with Crippen LogP contribution in [-0.4, -0.2) is 24.6 Å². The highest BCUT2D eigenvalue weighted by Crippen LogP contribution is 2.15. The number of nitrogens with zero attached hydrogens (tertiary/aromatic N) is 1. The number of anilines is 1. The molecule has 2 aromatic carbocycles. The summed E-state index contributed by atoms with van der Waals surface area (Å²) in [4.78, 5) is 23.4. The van der Waals surface area contributed by atoms with Gasteiger partial charge in [0.15, 0.2) is 0 Å². The molecule has 0 radical (unpaired) electrons. The van der Waals surface area contributed by atoms with Crippen LogP contribution < -0.4 is 15.5 Å². The molecule has 6 heteroatoms. The maximum Gasteiger partial charge on any atom is 0.271 e. The van der Waals surface area contributed by atoms with Gasteiger partial charge in [0.25, 0.3) is 5.91 Å². The van der Waals surface area contributed by atoms with Crippen LogP contribution in [0.1, 0.15) is 36.2 Å². The van der Waals surface area contributed by atoms with Crippen LogP contribution in [0.25, 0.3) is 0 Å². The van der Waals surface area contributed by atoms with Crippen molar-refractivity contribution in [2.24, 2.45) is 5.10 Å². The summed E-state index contributed by atoms with van der Waals surface area (Å²) in [5, 5.41) is 6.70. The Morgan fingerprint density at radius 3 is 2.48 bits per heavy atom. The molecule has 0 aliphatic heterocycles. The quantitative estimate of drug-likeness (QED) is 0.600. The molecule has 0 unspecified atom stereocenters. The summed E-state index contributed by atoms with van der Waals surface area (Å²) in [6.45, 7) is 4.24. The third kappa shape index (κ3) is 5.46. The molecule has 130 valence electrons. The number of carbonyl (C=O) groups excluding carboxylic acids is 2. The Balaban J connectivity index is 1.97. The molecular weight excluding hydrogens is 318 g/mol. The van der Waals surface area contributed by atoms with Crippen molar-refractivity contribution < 1.29 is 14.3 Å². The zero-order valence-electron chi connectivity index (χ0n) is 14.3. The Kier molecular flexibility index (Phi) is 6.71. The number of nitrogens with one attached hydrogen (secondary N) is 2. The Bertz CT molecular complexity index is 755. The predicted octanol–water partition coefficient (Wildman–Crippen LogP) is 3.20. The minimum Gasteiger partial charge on any atom is -0.493 e. The van der Waals surface area contributed by atoms with E-state index in [1.807, 2.05) is 31.2 Å². The molecule has 0 aliphatic carbocycles. The number of carbonyl (C=O) groups is 2. The molecule has 25 heavy (non-hydrogen) atoms. The molecule has 0 saturated carbocycles. The average Bonchev–Trinajstić information content (AvgIpc) is 2.63. The molecule has 2 aromatic rings. The number of hydrogen-bond acceptors (Lipinski definition) is 4. The van der Waals surface area contributed by atoms with Gasteiger partial charge in [-0.15, -0.1) is 0 Å². The van der Waals surface area contributed by atoms with Crippen molar-refractivity contribution in [3.8, 4) is 5.75 Å². The van der Waals surface area contributed by atoms with E-state index in [0.29, 0.717) is 30.0 Å². The fraction of sp³-hybridized carbons (Fsp3) is 0.211. The fourth-order valence-electron chi connectivity index (χ4n) is 2.05. The number of benzene rings is 2. The summed E-state index contributed by atoms with van der Waals surface area (Å²) >= 11 is 0. The standard InChI is InChI=1S/C19H21N3O3/c1-3-18(23)21-16-11-9-14(10-12-16)19(24)22-20-13-15-7-5-6-8-17(15)25-4-2/h5-13H,3-4H2,1-2H3,(H,21,23)(H,22,24)/b20-13-. The highest BCUT2D eigenvalue weighted by molar-refractivity contribution is 5.96. The number of hydrogen-bond donors (Lipinski definition) is 2. The highest BCUT2D eigenvalue weighted by atomic mass is 16.5. The van der Waals surface area contributed by atoms with Gasteiger partial charge < -0.3 is 10.1 Å². The van der Waals surface area contributed by atoms with Crippen LogP contribution in [0.4, 0.5) is 5.69 Å². The molecule has 0 aliphatic rings. The van der Waals surface area contributed by atoms with Crippen molar-refractivity contribution in [3.05, 3.63) is 59.7 Å². The van der Waals surface area contributed by atoms with Crippen LogP contribution in [-0.2, 0) is 4.79 Å². The first-order valence-electron chi connectivity index (χ1n) is 8.09. The second-order valence-corrected chi connectivity index (χ2v) is 5.15. The van der Waals surface area contributed by atoms with E-state index in [9.17, 15) is 9.59 Å². The third-order valence-electron chi connectivity index (χ3n) is 3.34. The summed E-state index contributed by atoms with van der Waals surface area (Å²) in [6, 6.07) is 14.1. The second-order valence-electron chi connectivity index (χ2n) is 5.15. The lowest BCUT2D eigenvalue weighted by atomic mass is 10.2. The normalized spacial score (nSPS) is 10.5. The molecule has 6 nitrogen and oxygen atoms in total. The Morgan fingerprint density at radius 1 is 1.08 bits per heavy atom. The van der Waals surface area contributed by atoms with Gasteiger partial charge in [-0.2, -0.15) is 5.10 Å². The first-order valence-corrected chi connectivity index (χ1v) is 8.09. The molecule has 2 N–H and O–H groups in total. The van der Waals surface area contributed by atoms with Crippen LogP contribution in [0.5, 0.6) is 5.75 Å². The molecule has 2 rings (SSSR count). The van der Waals surface area contributed by atoms with E-state index in [4.69, 9.17) is 4.74 Å². The van der Waals surface area contributed by atoms with Gasteiger partial charge in [-0.25, -0.2) is 5.43 Å². The lowest BCUT2D eigenvalue weighted by molar-refractivity contribution is -0.115. The van der Waals surface area contributed by atoms with Crippen LogP contribution in [0.15, 0.2) is 53.6 Å². The van der Waals surface area contributed by atoms with E-state index < -0.39 is 0 Å². The smallest absolute Gasteiger partial charge is 0.271 e. The molecule has 0 spiro atoms. The molecular formula is C19H21N3O3. The maximum absolute atomic E-state index is 12.1. The summed E-state index contributed by atoms with van der Waals surface area (Å²) < 4.78 is 5.49. The van der Waals surface area contributed by atoms with Crippen molar-refractivity contribution in [2.45, 2.75) is 20.3 Å². The van der Waals surface area contributed by atoms with Crippen LogP contribution >= 0.6 is 0 Å². The Morgan fingerprint density at radius 2 is 1.80 bits per heavy atom. The third-order valence-corrected chi connectivity index (χ3v) is 3.34. The van der Waals surface area contributed by atoms with Crippen LogP contribution in [0.3, 0.4) is 0 Å². The first-order chi connectivity index (χ1) is 12.1. The van der Waals surface area contributed by atoms with Gasteiger partial charge in [0, 0.05) is 23.2 Å². The van der Waals surface area contributed by atoms with Gasteiger partial charge in [-0.3, -0.25) is 9.59 Å². The zero-order chi connectivity index (χ0) is 18.1. The van der Waals surface area contributed by atoms with E-state index in [1.165, 1.54) is 0 Å². The van der Waals surface area contributed by atoms with Crippen LogP contribution in [0.2, 0.25) is 0 Å². The number of hydrazone groups is 1. The number of para-hydroxylation sites is 1. The van der Waals surface area contributed by atoms with Gasteiger partial charge >= 0.3 is 0 Å². The van der Waals surface area contributed by atoms with Gasteiger partial charge in [-0.1, -0.05) is 19.1 Å². The Labute approximate surface area is 146 Å². The molecule has 0 saturated heterocycles. The number of amides is 2. The lowest BCUT2D eigenvalue weighted by Crippen LogP contribution is -2.17. The fourth-order valence-corrected chi connectivity index (χ4v) is 2.05. The molecule has 0 atom stereocenters. The van der Waals surface area contributed by atoms with Crippen LogP contribution in [0, 0.1) is 0 Å². The largest absolute Gasteiger partial charge is 0.493 e. The number of ether oxygens (including phenoxy) is 1. The zero-order valence-corrected chi connectivity index (χ0v) is 14.3. The van der Waals surface area contributed by atoms with Crippen molar-refractivity contribution in [3.63, 3.8) is 0 Å². The van der Waals surface area contributed by atoms with Gasteiger partial charge in [-0.05, 0) is 43.3 Å². The molecule has 0 heterocycles. The topological polar surface area (TPSA) is 79.8 Å². The molecule has 0 fully saturated rings. The van der Waals surface area contributed by atoms with Gasteiger partial charge in [0.1, 0.15) is 5.75 Å². The van der Waals surface area contributed by atoms with E-state index in [-0.39, 0.29) is 11.8 Å². The second kappa shape index (κ2) is 9.22. The lowest BCUT2D eigenvalue weighted by Gasteiger charge is -2.06. The summed E-state index contributed by atoms with van der Waals surface area (Å²) in [6.07, 6.45) is 1.94. The number of rotatable bonds is 7. The minimum absolute atomic E-state index is 0.0743. The van der Waals surface area contributed by atoms with Crippen molar-refractivity contribution >= 4 is 23.7 Å². The maximum atomic E-state index is 12.1. The predicted molar refractivity (Wildman–Crippen MR) is 98.0 cm³/mol. The van der Waals surface area contributed by atoms with E-state index in [2.05, 4.69) is 15.8 Å². The monoisotopic (exact) mass is 339 g/mol. The molecule has 0 bridgehead atoms. The average molecular weight is 339 g/mol. The van der Waals surface area contributed by atoms with Crippen molar-refractivity contribution in [1.82, 2.24) is 5.43 Å². The molecule has 2 amide bonds. The highest BCUT2D eigenvalue weighted by Gasteiger charge is 2.05. The van der Waals surface area contributed by atoms with Crippen molar-refractivity contribution in [2.75, 3.05) is 11.9 Å². The van der Waals surface area contributed by atoms with Gasteiger partial charge in [0.05, 0.1) is 12.8 Å². The van der Waals surface area contributed by atoms with E-state index in [1.54, 1.807) is 37.4 Å².